The van der Waals surface area contributed by atoms with Crippen molar-refractivity contribution >= 4 is 5.90 Å². The summed E-state index contributed by atoms with van der Waals surface area (Å²) in [6.07, 6.45) is 0.894. The Hall–Kier alpha value is -3.31. The summed E-state index contributed by atoms with van der Waals surface area (Å²) >= 11 is 0. The van der Waals surface area contributed by atoms with Crippen molar-refractivity contribution in [2.24, 2.45) is 4.99 Å². The lowest BCUT2D eigenvalue weighted by molar-refractivity contribution is 0.00803. The first-order chi connectivity index (χ1) is 15.1. The van der Waals surface area contributed by atoms with Gasteiger partial charge < -0.3 is 19.3 Å². The molecule has 31 heavy (non-hydrogen) atoms. The number of ether oxygens (including phenoxy) is 3. The maximum Gasteiger partial charge on any atom is 0.216 e. The van der Waals surface area contributed by atoms with Crippen LogP contribution in [0.15, 0.2) is 83.9 Å². The highest BCUT2D eigenvalue weighted by Gasteiger charge is 2.41. The molecule has 1 N–H and O–H groups in total. The van der Waals surface area contributed by atoms with Crippen molar-refractivity contribution < 1.29 is 19.3 Å². The van der Waals surface area contributed by atoms with Crippen molar-refractivity contribution in [3.8, 4) is 11.5 Å². The van der Waals surface area contributed by atoms with Gasteiger partial charge >= 0.3 is 0 Å². The Morgan fingerprint density at radius 3 is 1.84 bits per heavy atom. The molecule has 0 unspecified atom stereocenters. The summed E-state index contributed by atoms with van der Waals surface area (Å²) in [6, 6.07) is 25.0. The molecule has 0 bridgehead atoms. The highest BCUT2D eigenvalue weighted by Crippen LogP contribution is 2.30. The molecule has 1 aliphatic rings. The third kappa shape index (κ3) is 4.89. The number of aliphatic imine (C=N–C) groups is 1. The van der Waals surface area contributed by atoms with Crippen LogP contribution < -0.4 is 9.47 Å². The SMILES string of the molecule is COc1ccc(CC(O)(Cc2ccc(OC)cc2)[C@@H]2COC(c3ccccc3)=N2)cc1. The molecule has 160 valence electrons. The number of hydrogen-bond acceptors (Lipinski definition) is 5. The van der Waals surface area contributed by atoms with Crippen LogP contribution in [-0.4, -0.2) is 43.5 Å². The van der Waals surface area contributed by atoms with Gasteiger partial charge in [0.1, 0.15) is 24.1 Å². The molecular formula is C26H27NO4. The Morgan fingerprint density at radius 2 is 1.35 bits per heavy atom. The lowest BCUT2D eigenvalue weighted by atomic mass is 9.82. The monoisotopic (exact) mass is 417 g/mol. The third-order valence-corrected chi connectivity index (χ3v) is 5.63. The predicted molar refractivity (Wildman–Crippen MR) is 121 cm³/mol. The quantitative estimate of drug-likeness (QED) is 0.600. The maximum atomic E-state index is 11.9. The first-order valence-electron chi connectivity index (χ1n) is 10.3. The molecule has 1 heterocycles. The average Bonchev–Trinajstić information content (AvgIpc) is 3.32. The second-order valence-corrected chi connectivity index (χ2v) is 7.78. The van der Waals surface area contributed by atoms with Crippen LogP contribution in [0.2, 0.25) is 0 Å². The van der Waals surface area contributed by atoms with E-state index in [1.54, 1.807) is 14.2 Å². The third-order valence-electron chi connectivity index (χ3n) is 5.63. The Balaban J connectivity index is 1.63. The zero-order valence-electron chi connectivity index (χ0n) is 17.8. The molecular weight excluding hydrogens is 390 g/mol. The molecule has 3 aromatic rings. The molecule has 0 spiro atoms. The van der Waals surface area contributed by atoms with Gasteiger partial charge in [0.15, 0.2) is 0 Å². The first-order valence-corrected chi connectivity index (χ1v) is 10.3. The molecule has 0 radical (unpaired) electrons. The van der Waals surface area contributed by atoms with Crippen molar-refractivity contribution in [3.63, 3.8) is 0 Å². The number of aliphatic hydroxyl groups is 1. The van der Waals surface area contributed by atoms with Crippen LogP contribution in [0, 0.1) is 0 Å². The van der Waals surface area contributed by atoms with E-state index >= 15 is 0 Å². The summed E-state index contributed by atoms with van der Waals surface area (Å²) in [7, 11) is 3.29. The molecule has 0 fully saturated rings. The number of rotatable bonds is 8. The van der Waals surface area contributed by atoms with E-state index in [4.69, 9.17) is 19.2 Å². The number of benzene rings is 3. The van der Waals surface area contributed by atoms with Crippen LogP contribution in [0.5, 0.6) is 11.5 Å². The minimum atomic E-state index is -1.11. The molecule has 4 rings (SSSR count). The lowest BCUT2D eigenvalue weighted by Crippen LogP contribution is -2.46. The van der Waals surface area contributed by atoms with E-state index in [1.165, 1.54) is 0 Å². The van der Waals surface area contributed by atoms with Crippen molar-refractivity contribution in [1.29, 1.82) is 0 Å². The highest BCUT2D eigenvalue weighted by atomic mass is 16.5. The molecule has 0 saturated carbocycles. The average molecular weight is 418 g/mol. The van der Waals surface area contributed by atoms with Crippen molar-refractivity contribution in [2.45, 2.75) is 24.5 Å². The molecule has 1 aliphatic heterocycles. The maximum absolute atomic E-state index is 11.9. The topological polar surface area (TPSA) is 60.3 Å². The Kier molecular flexibility index (Phi) is 6.23. The Morgan fingerprint density at radius 1 is 0.839 bits per heavy atom. The van der Waals surface area contributed by atoms with E-state index in [9.17, 15) is 5.11 Å². The molecule has 3 aromatic carbocycles. The van der Waals surface area contributed by atoms with Gasteiger partial charge in [-0.1, -0.05) is 42.5 Å². The van der Waals surface area contributed by atoms with Gasteiger partial charge in [-0.3, -0.25) is 0 Å². The number of nitrogens with zero attached hydrogens (tertiary/aromatic N) is 1. The zero-order valence-corrected chi connectivity index (χ0v) is 17.8. The van der Waals surface area contributed by atoms with Gasteiger partial charge in [0.2, 0.25) is 5.90 Å². The van der Waals surface area contributed by atoms with Gasteiger partial charge in [-0.05, 0) is 47.5 Å². The van der Waals surface area contributed by atoms with Gasteiger partial charge in [-0.2, -0.15) is 0 Å². The van der Waals surface area contributed by atoms with Gasteiger partial charge in [-0.25, -0.2) is 4.99 Å². The summed E-state index contributed by atoms with van der Waals surface area (Å²) in [4.78, 5) is 4.79. The summed E-state index contributed by atoms with van der Waals surface area (Å²) in [6.45, 7) is 0.340. The number of methoxy groups -OCH3 is 2. The van der Waals surface area contributed by atoms with Crippen LogP contribution in [-0.2, 0) is 17.6 Å². The van der Waals surface area contributed by atoms with Gasteiger partial charge in [0.25, 0.3) is 0 Å². The van der Waals surface area contributed by atoms with E-state index < -0.39 is 5.60 Å². The normalized spacial score (nSPS) is 15.8. The lowest BCUT2D eigenvalue weighted by Gasteiger charge is -2.32. The van der Waals surface area contributed by atoms with Crippen molar-refractivity contribution in [2.75, 3.05) is 20.8 Å². The van der Waals surface area contributed by atoms with Crippen LogP contribution >= 0.6 is 0 Å². The minimum Gasteiger partial charge on any atom is -0.497 e. The van der Waals surface area contributed by atoms with Crippen LogP contribution in [0.25, 0.3) is 0 Å². The van der Waals surface area contributed by atoms with Gasteiger partial charge in [0, 0.05) is 18.4 Å². The van der Waals surface area contributed by atoms with Crippen molar-refractivity contribution in [1.82, 2.24) is 0 Å². The Bertz CT molecular complexity index is 964. The molecule has 5 heteroatoms. The van der Waals surface area contributed by atoms with Crippen LogP contribution in [0.4, 0.5) is 0 Å². The summed E-state index contributed by atoms with van der Waals surface area (Å²) in [5, 5.41) is 11.9. The second-order valence-electron chi connectivity index (χ2n) is 7.78. The molecule has 0 aromatic heterocycles. The van der Waals surface area contributed by atoms with E-state index in [1.807, 2.05) is 78.9 Å². The summed E-state index contributed by atoms with van der Waals surface area (Å²) in [5.41, 5.74) is 1.83. The minimum absolute atomic E-state index is 0.340. The Labute approximate surface area is 182 Å². The van der Waals surface area contributed by atoms with Gasteiger partial charge in [0.05, 0.1) is 19.8 Å². The molecule has 0 saturated heterocycles. The molecule has 0 amide bonds. The highest BCUT2D eigenvalue weighted by molar-refractivity contribution is 5.95. The molecule has 1 atom stereocenters. The van der Waals surface area contributed by atoms with Crippen LogP contribution in [0.1, 0.15) is 16.7 Å². The van der Waals surface area contributed by atoms with E-state index in [-0.39, 0.29) is 6.04 Å². The summed E-state index contributed by atoms with van der Waals surface area (Å²) in [5.74, 6) is 2.15. The largest absolute Gasteiger partial charge is 0.497 e. The van der Waals surface area contributed by atoms with E-state index in [2.05, 4.69) is 0 Å². The molecule has 5 nitrogen and oxygen atoms in total. The smallest absolute Gasteiger partial charge is 0.216 e. The van der Waals surface area contributed by atoms with Gasteiger partial charge in [-0.15, -0.1) is 0 Å². The fourth-order valence-corrected chi connectivity index (χ4v) is 3.88. The number of hydrogen-bond donors (Lipinski definition) is 1. The fraction of sp³-hybridized carbons (Fsp3) is 0.269. The first kappa shape index (κ1) is 20.9. The van der Waals surface area contributed by atoms with Crippen molar-refractivity contribution in [3.05, 3.63) is 95.6 Å². The van der Waals surface area contributed by atoms with E-state index in [0.29, 0.717) is 25.3 Å². The van der Waals surface area contributed by atoms with Crippen LogP contribution in [0.3, 0.4) is 0 Å². The fourth-order valence-electron chi connectivity index (χ4n) is 3.88. The second kappa shape index (κ2) is 9.23. The van der Waals surface area contributed by atoms with E-state index in [0.717, 1.165) is 28.2 Å². The standard InChI is InChI=1S/C26H27NO4/c1-29-22-12-8-19(9-13-22)16-26(28,17-20-10-14-23(30-2)15-11-20)24-18-31-25(27-24)21-6-4-3-5-7-21/h3-15,24,28H,16-18H2,1-2H3/t24-/m0/s1. The summed E-state index contributed by atoms with van der Waals surface area (Å²) < 4.78 is 16.4. The molecule has 0 aliphatic carbocycles. The predicted octanol–water partition coefficient (Wildman–Crippen LogP) is 4.07. The zero-order chi connectivity index (χ0) is 21.7.